The summed E-state index contributed by atoms with van der Waals surface area (Å²) in [5.41, 5.74) is 15.0. The van der Waals surface area contributed by atoms with E-state index in [1.165, 1.54) is 48.8 Å². The van der Waals surface area contributed by atoms with E-state index in [1.54, 1.807) is 12.1 Å². The Morgan fingerprint density at radius 2 is 0.831 bits per heavy atom. The quantitative estimate of drug-likeness (QED) is 0.178. The Balaban J connectivity index is 1.07. The van der Waals surface area contributed by atoms with Crippen LogP contribution in [0.2, 0.25) is 0 Å². The largest absolute Gasteiger partial charge is 0.271 e. The van der Waals surface area contributed by atoms with Gasteiger partial charge in [0.1, 0.15) is 0 Å². The molecular weight excluding hydrogens is 745 g/mol. The molecule has 0 saturated carbocycles. The monoisotopic (exact) mass is 776 g/mol. The van der Waals surface area contributed by atoms with Gasteiger partial charge in [-0.2, -0.15) is 9.97 Å². The van der Waals surface area contributed by atoms with Crippen LogP contribution >= 0.6 is 0 Å². The van der Waals surface area contributed by atoms with E-state index in [0.29, 0.717) is 22.9 Å². The van der Waals surface area contributed by atoms with Gasteiger partial charge in [-0.3, -0.25) is 0 Å². The Morgan fingerprint density at radius 3 is 1.41 bits per heavy atom. The maximum absolute atomic E-state index is 14.8. The van der Waals surface area contributed by atoms with Crippen molar-refractivity contribution in [1.29, 1.82) is 0 Å². The predicted molar refractivity (Wildman–Crippen MR) is 234 cm³/mol. The second-order valence-corrected chi connectivity index (χ2v) is 16.9. The molecule has 2 heterocycles. The van der Waals surface area contributed by atoms with Crippen molar-refractivity contribution in [2.24, 2.45) is 0 Å². The molecule has 0 bridgehead atoms. The van der Waals surface area contributed by atoms with Crippen LogP contribution in [-0.2, 0) is 15.4 Å². The van der Waals surface area contributed by atoms with E-state index in [2.05, 4.69) is 97.1 Å². The highest BCUT2D eigenvalue weighted by molar-refractivity contribution is 7.93. The molecule has 3 aliphatic rings. The number of fused-ring (bicyclic) bond motifs is 13. The van der Waals surface area contributed by atoms with Crippen LogP contribution < -0.4 is 4.31 Å². The molecule has 0 radical (unpaired) electrons. The lowest BCUT2D eigenvalue weighted by atomic mass is 9.70. The summed E-state index contributed by atoms with van der Waals surface area (Å²) in [6.07, 6.45) is 0. The minimum absolute atomic E-state index is 0.0250. The number of hydrogen-bond donors (Lipinski definition) is 0. The van der Waals surface area contributed by atoms with Gasteiger partial charge >= 0.3 is 0 Å². The number of anilines is 2. The summed E-state index contributed by atoms with van der Waals surface area (Å²) in [7, 11) is -4.15. The van der Waals surface area contributed by atoms with Crippen molar-refractivity contribution in [1.82, 2.24) is 15.0 Å². The van der Waals surface area contributed by atoms with Crippen molar-refractivity contribution >= 4 is 21.7 Å². The van der Waals surface area contributed by atoms with Gasteiger partial charge in [0.25, 0.3) is 10.0 Å². The fraction of sp³-hybridized carbons (Fsp3) is 0.0192. The van der Waals surface area contributed by atoms with Gasteiger partial charge < -0.3 is 0 Å². The Morgan fingerprint density at radius 1 is 0.373 bits per heavy atom. The van der Waals surface area contributed by atoms with Crippen LogP contribution in [0, 0.1) is 0 Å². The first-order chi connectivity index (χ1) is 29.0. The van der Waals surface area contributed by atoms with Gasteiger partial charge in [-0.15, -0.1) is 0 Å². The van der Waals surface area contributed by atoms with Crippen molar-refractivity contribution in [3.05, 3.63) is 216 Å². The average molecular weight is 777 g/mol. The number of rotatable bonds is 4. The lowest BCUT2D eigenvalue weighted by molar-refractivity contribution is 0.595. The smallest absolute Gasteiger partial charge is 0.208 e. The topological polar surface area (TPSA) is 76.1 Å². The molecule has 0 saturated heterocycles. The number of sulfonamides is 1. The summed E-state index contributed by atoms with van der Waals surface area (Å²) in [6, 6.07) is 65.6. The van der Waals surface area contributed by atoms with E-state index in [0.717, 1.165) is 27.8 Å². The maximum atomic E-state index is 14.8. The number of hydrogen-bond acceptors (Lipinski definition) is 5. The van der Waals surface area contributed by atoms with Crippen LogP contribution in [0.15, 0.2) is 199 Å². The van der Waals surface area contributed by atoms with Crippen molar-refractivity contribution in [2.45, 2.75) is 10.3 Å². The van der Waals surface area contributed by atoms with Crippen LogP contribution in [0.1, 0.15) is 22.3 Å². The first-order valence-electron chi connectivity index (χ1n) is 19.6. The minimum Gasteiger partial charge on any atom is -0.208 e. The van der Waals surface area contributed by atoms with Crippen molar-refractivity contribution in [3.8, 4) is 67.3 Å². The molecule has 278 valence electrons. The van der Waals surface area contributed by atoms with Crippen LogP contribution in [0.5, 0.6) is 0 Å². The molecule has 2 aliphatic carbocycles. The second-order valence-electron chi connectivity index (χ2n) is 15.2. The molecule has 8 aromatic carbocycles. The molecule has 1 aliphatic heterocycles. The predicted octanol–water partition coefficient (Wildman–Crippen LogP) is 11.7. The number of aromatic nitrogens is 3. The standard InChI is InChI=1S/C52H32N4O2S/c57-59(58)48-26-14-10-22-41(48)42-31-35(28-30-47(42)56(59)51-54-49(33-15-3-1-4-16-33)53-50(55-51)34-17-5-2-6-18-34)36-27-29-40-39-21-9-13-25-45(39)52(46(40)32-36)43-23-11-7-19-37(43)38-20-8-12-24-44(38)52/h1-32H. The molecule has 6 nitrogen and oxygen atoms in total. The first-order valence-corrected chi connectivity index (χ1v) is 21.1. The summed E-state index contributed by atoms with van der Waals surface area (Å²) >= 11 is 0. The van der Waals surface area contributed by atoms with Crippen LogP contribution in [0.3, 0.4) is 0 Å². The second kappa shape index (κ2) is 12.5. The SMILES string of the molecule is O=S1(=O)c2ccccc2-c2cc(-c3ccc4c(c3)C3(c5ccccc5-c5ccccc53)c3ccccc3-4)ccc2N1c1nc(-c2ccccc2)nc(-c2ccccc2)n1. The summed E-state index contributed by atoms with van der Waals surface area (Å²) in [4.78, 5) is 14.7. The van der Waals surface area contributed by atoms with Gasteiger partial charge in [0, 0.05) is 22.3 Å². The molecule has 59 heavy (non-hydrogen) atoms. The summed E-state index contributed by atoms with van der Waals surface area (Å²) in [6.45, 7) is 0. The van der Waals surface area contributed by atoms with E-state index in [1.807, 2.05) is 84.9 Å². The first kappa shape index (κ1) is 33.6. The Kier molecular flexibility index (Phi) is 7.13. The zero-order valence-electron chi connectivity index (χ0n) is 31.5. The molecule has 7 heteroatoms. The molecule has 9 aromatic rings. The fourth-order valence-corrected chi connectivity index (χ4v) is 11.2. The van der Waals surface area contributed by atoms with Gasteiger partial charge in [-0.05, 0) is 79.9 Å². The molecule has 0 amide bonds. The number of nitrogens with zero attached hydrogens (tertiary/aromatic N) is 4. The Hall–Kier alpha value is -7.48. The van der Waals surface area contributed by atoms with Gasteiger partial charge in [-0.1, -0.05) is 170 Å². The lowest BCUT2D eigenvalue weighted by Gasteiger charge is -2.31. The van der Waals surface area contributed by atoms with E-state index in [4.69, 9.17) is 15.0 Å². The summed E-state index contributed by atoms with van der Waals surface area (Å²) in [5.74, 6) is 0.784. The van der Waals surface area contributed by atoms with Crippen LogP contribution in [0.25, 0.3) is 67.3 Å². The van der Waals surface area contributed by atoms with Crippen LogP contribution in [-0.4, -0.2) is 23.4 Å². The van der Waals surface area contributed by atoms with Gasteiger partial charge in [0.2, 0.25) is 5.95 Å². The summed E-state index contributed by atoms with van der Waals surface area (Å²) in [5, 5.41) is 0. The zero-order valence-corrected chi connectivity index (χ0v) is 32.3. The van der Waals surface area contributed by atoms with Crippen LogP contribution in [0.4, 0.5) is 11.6 Å². The molecule has 0 atom stereocenters. The average Bonchev–Trinajstić information content (AvgIpc) is 3.76. The molecule has 0 N–H and O–H groups in total. The van der Waals surface area contributed by atoms with E-state index in [-0.39, 0.29) is 10.8 Å². The van der Waals surface area contributed by atoms with Crippen molar-refractivity contribution in [2.75, 3.05) is 4.31 Å². The Bertz CT molecular complexity index is 3190. The maximum Gasteiger partial charge on any atom is 0.271 e. The molecule has 1 aromatic heterocycles. The summed E-state index contributed by atoms with van der Waals surface area (Å²) < 4.78 is 30.9. The van der Waals surface area contributed by atoms with Gasteiger partial charge in [0.15, 0.2) is 11.6 Å². The van der Waals surface area contributed by atoms with Crippen molar-refractivity contribution < 1.29 is 8.42 Å². The molecule has 0 unspecified atom stereocenters. The van der Waals surface area contributed by atoms with Gasteiger partial charge in [-0.25, -0.2) is 17.7 Å². The highest BCUT2D eigenvalue weighted by Crippen LogP contribution is 2.63. The molecule has 12 rings (SSSR count). The third-order valence-electron chi connectivity index (χ3n) is 12.1. The third-order valence-corrected chi connectivity index (χ3v) is 13.9. The highest BCUT2D eigenvalue weighted by atomic mass is 32.2. The molecule has 1 spiro atoms. The molecule has 0 fully saturated rings. The van der Waals surface area contributed by atoms with Gasteiger partial charge in [0.05, 0.1) is 16.0 Å². The highest BCUT2D eigenvalue weighted by Gasteiger charge is 2.51. The number of benzene rings is 8. The van der Waals surface area contributed by atoms with E-state index in [9.17, 15) is 8.42 Å². The lowest BCUT2D eigenvalue weighted by Crippen LogP contribution is -2.32. The third kappa shape index (κ3) is 4.73. The van der Waals surface area contributed by atoms with E-state index < -0.39 is 15.4 Å². The normalized spacial score (nSPS) is 14.5. The molecular formula is C52H32N4O2S. The van der Waals surface area contributed by atoms with Crippen molar-refractivity contribution in [3.63, 3.8) is 0 Å². The minimum atomic E-state index is -4.15. The zero-order chi connectivity index (χ0) is 39.3. The fourth-order valence-electron chi connectivity index (χ4n) is 9.63. The van der Waals surface area contributed by atoms with E-state index >= 15 is 0 Å². The Labute approximate surface area is 341 Å².